The number of aliphatic hydroxyl groups excluding tert-OH is 1. The summed E-state index contributed by atoms with van der Waals surface area (Å²) in [6.07, 6.45) is 3.31. The number of hydrogen-bond acceptors (Lipinski definition) is 3. The van der Waals surface area contributed by atoms with Gasteiger partial charge in [-0.05, 0) is 55.0 Å². The number of hydrogen-bond donors (Lipinski definition) is 1. The van der Waals surface area contributed by atoms with Gasteiger partial charge in [-0.25, -0.2) is 0 Å². The molecule has 2 aromatic carbocycles. The van der Waals surface area contributed by atoms with E-state index in [1.165, 1.54) is 12.8 Å². The number of rotatable bonds is 6. The highest BCUT2D eigenvalue weighted by Crippen LogP contribution is 2.35. The maximum Gasteiger partial charge on any atom is 0.253 e. The molecular weight excluding hydrogens is 326 g/mol. The molecule has 2 fully saturated rings. The maximum absolute atomic E-state index is 12.9. The molecule has 0 radical (unpaired) electrons. The van der Waals surface area contributed by atoms with E-state index in [4.69, 9.17) is 4.74 Å². The van der Waals surface area contributed by atoms with Crippen LogP contribution in [0.1, 0.15) is 35.2 Å². The second kappa shape index (κ2) is 7.12. The zero-order valence-electron chi connectivity index (χ0n) is 14.9. The van der Waals surface area contributed by atoms with Gasteiger partial charge in [-0.3, -0.25) is 4.79 Å². The molecule has 26 heavy (non-hydrogen) atoms. The average Bonchev–Trinajstić information content (AvgIpc) is 3.43. The van der Waals surface area contributed by atoms with Gasteiger partial charge in [0.2, 0.25) is 0 Å². The Morgan fingerprint density at radius 3 is 2.50 bits per heavy atom. The number of aliphatic hydroxyl groups is 1. The van der Waals surface area contributed by atoms with Gasteiger partial charge in [-0.1, -0.05) is 30.3 Å². The van der Waals surface area contributed by atoms with E-state index in [1.54, 1.807) is 0 Å². The lowest BCUT2D eigenvalue weighted by Crippen LogP contribution is -2.37. The summed E-state index contributed by atoms with van der Waals surface area (Å²) in [5, 5.41) is 10.0. The smallest absolute Gasteiger partial charge is 0.253 e. The van der Waals surface area contributed by atoms with E-state index in [1.807, 2.05) is 59.5 Å². The average molecular weight is 351 g/mol. The number of nitrogens with zero attached hydrogens (tertiary/aromatic N) is 1. The lowest BCUT2D eigenvalue weighted by molar-refractivity contribution is 0.0774. The summed E-state index contributed by atoms with van der Waals surface area (Å²) >= 11 is 0. The first kappa shape index (κ1) is 17.1. The molecule has 0 spiro atoms. The Morgan fingerprint density at radius 2 is 1.85 bits per heavy atom. The van der Waals surface area contributed by atoms with Crippen LogP contribution in [0.3, 0.4) is 0 Å². The van der Waals surface area contributed by atoms with Crippen molar-refractivity contribution >= 4 is 5.91 Å². The standard InChI is InChI=1S/C22H25NO3/c24-16-22(19-4-2-1-3-5-19)12-13-23(15-22)21(25)18-8-10-20(11-9-18)26-14-17-6-7-17/h1-5,8-11,17,24H,6-7,12-16H2. The summed E-state index contributed by atoms with van der Waals surface area (Å²) in [5.74, 6) is 1.55. The zero-order chi connectivity index (χ0) is 18.0. The molecule has 136 valence electrons. The van der Waals surface area contributed by atoms with Crippen molar-refractivity contribution in [1.29, 1.82) is 0 Å². The molecule has 1 N–H and O–H groups in total. The van der Waals surface area contributed by atoms with E-state index in [-0.39, 0.29) is 17.9 Å². The minimum atomic E-state index is -0.357. The molecule has 4 heteroatoms. The molecule has 1 unspecified atom stereocenters. The summed E-state index contributed by atoms with van der Waals surface area (Å²) < 4.78 is 5.74. The Balaban J connectivity index is 1.43. The van der Waals surface area contributed by atoms with Crippen molar-refractivity contribution in [3.8, 4) is 5.75 Å². The summed E-state index contributed by atoms with van der Waals surface area (Å²) in [5.41, 5.74) is 1.41. The highest BCUT2D eigenvalue weighted by Gasteiger charge is 2.41. The molecule has 4 nitrogen and oxygen atoms in total. The molecule has 2 aromatic rings. The molecule has 2 aliphatic rings. The van der Waals surface area contributed by atoms with Crippen molar-refractivity contribution in [3.05, 3.63) is 65.7 Å². The minimum absolute atomic E-state index is 0.0185. The van der Waals surface area contributed by atoms with Crippen molar-refractivity contribution in [2.75, 3.05) is 26.3 Å². The predicted molar refractivity (Wildman–Crippen MR) is 100 cm³/mol. The SMILES string of the molecule is O=C(c1ccc(OCC2CC2)cc1)N1CCC(CO)(c2ccccc2)C1. The van der Waals surface area contributed by atoms with Gasteiger partial charge >= 0.3 is 0 Å². The Hall–Kier alpha value is -2.33. The van der Waals surface area contributed by atoms with E-state index >= 15 is 0 Å². The van der Waals surface area contributed by atoms with Crippen LogP contribution in [0.5, 0.6) is 5.75 Å². The molecule has 1 amide bonds. The van der Waals surface area contributed by atoms with Gasteiger partial charge in [0.05, 0.1) is 13.2 Å². The number of carbonyl (C=O) groups excluding carboxylic acids is 1. The molecule has 1 aliphatic heterocycles. The first-order valence-corrected chi connectivity index (χ1v) is 9.39. The fourth-order valence-electron chi connectivity index (χ4n) is 3.67. The van der Waals surface area contributed by atoms with E-state index in [0.717, 1.165) is 24.3 Å². The lowest BCUT2D eigenvalue weighted by Gasteiger charge is -2.27. The Labute approximate surface area is 154 Å². The van der Waals surface area contributed by atoms with Crippen molar-refractivity contribution in [3.63, 3.8) is 0 Å². The van der Waals surface area contributed by atoms with Gasteiger partial charge in [0, 0.05) is 24.1 Å². The van der Waals surface area contributed by atoms with Crippen LogP contribution in [0.2, 0.25) is 0 Å². The number of benzene rings is 2. The second-order valence-electron chi connectivity index (χ2n) is 7.56. The van der Waals surface area contributed by atoms with Gasteiger partial charge in [-0.15, -0.1) is 0 Å². The Morgan fingerprint density at radius 1 is 1.12 bits per heavy atom. The number of ether oxygens (including phenoxy) is 1. The molecule has 0 bridgehead atoms. The monoisotopic (exact) mass is 351 g/mol. The van der Waals surface area contributed by atoms with Crippen LogP contribution in [0, 0.1) is 5.92 Å². The fourth-order valence-corrected chi connectivity index (χ4v) is 3.67. The highest BCUT2D eigenvalue weighted by atomic mass is 16.5. The topological polar surface area (TPSA) is 49.8 Å². The van der Waals surface area contributed by atoms with Crippen molar-refractivity contribution in [2.45, 2.75) is 24.7 Å². The first-order chi connectivity index (χ1) is 12.7. The summed E-state index contributed by atoms with van der Waals surface area (Å²) in [4.78, 5) is 14.7. The third-order valence-electron chi connectivity index (χ3n) is 5.61. The summed E-state index contributed by atoms with van der Waals surface area (Å²) in [6, 6.07) is 17.4. The molecule has 1 aliphatic carbocycles. The molecule has 1 saturated carbocycles. The minimum Gasteiger partial charge on any atom is -0.493 e. The summed E-state index contributed by atoms with van der Waals surface area (Å²) in [7, 11) is 0. The van der Waals surface area contributed by atoms with Crippen LogP contribution in [-0.2, 0) is 5.41 Å². The third-order valence-corrected chi connectivity index (χ3v) is 5.61. The lowest BCUT2D eigenvalue weighted by atomic mass is 9.80. The van der Waals surface area contributed by atoms with Crippen molar-refractivity contribution in [2.24, 2.45) is 5.92 Å². The van der Waals surface area contributed by atoms with E-state index < -0.39 is 0 Å². The molecule has 0 aromatic heterocycles. The largest absolute Gasteiger partial charge is 0.493 e. The summed E-state index contributed by atoms with van der Waals surface area (Å²) in [6.45, 7) is 2.03. The number of amides is 1. The molecule has 1 heterocycles. The van der Waals surface area contributed by atoms with E-state index in [0.29, 0.717) is 24.6 Å². The van der Waals surface area contributed by atoms with Crippen LogP contribution in [-0.4, -0.2) is 42.2 Å². The van der Waals surface area contributed by atoms with Crippen LogP contribution in [0.15, 0.2) is 54.6 Å². The van der Waals surface area contributed by atoms with Gasteiger partial charge in [0.15, 0.2) is 0 Å². The first-order valence-electron chi connectivity index (χ1n) is 9.39. The molecule has 1 atom stereocenters. The Bertz CT molecular complexity index is 755. The molecular formula is C22H25NO3. The fraction of sp³-hybridized carbons (Fsp3) is 0.409. The number of likely N-dealkylation sites (tertiary alicyclic amines) is 1. The normalized spacial score (nSPS) is 22.4. The Kier molecular flexibility index (Phi) is 4.68. The van der Waals surface area contributed by atoms with Gasteiger partial charge < -0.3 is 14.7 Å². The molecule has 4 rings (SSSR count). The quantitative estimate of drug-likeness (QED) is 0.869. The van der Waals surface area contributed by atoms with Gasteiger partial charge in [0.1, 0.15) is 5.75 Å². The third kappa shape index (κ3) is 3.47. The van der Waals surface area contributed by atoms with Crippen LogP contribution >= 0.6 is 0 Å². The maximum atomic E-state index is 12.9. The van der Waals surface area contributed by atoms with E-state index in [9.17, 15) is 9.90 Å². The van der Waals surface area contributed by atoms with Crippen LogP contribution in [0.25, 0.3) is 0 Å². The number of carbonyl (C=O) groups is 1. The molecule has 1 saturated heterocycles. The van der Waals surface area contributed by atoms with Crippen LogP contribution < -0.4 is 4.74 Å². The highest BCUT2D eigenvalue weighted by molar-refractivity contribution is 5.94. The van der Waals surface area contributed by atoms with Crippen LogP contribution in [0.4, 0.5) is 0 Å². The van der Waals surface area contributed by atoms with Crippen molar-refractivity contribution < 1.29 is 14.6 Å². The van der Waals surface area contributed by atoms with Gasteiger partial charge in [0.25, 0.3) is 5.91 Å². The zero-order valence-corrected chi connectivity index (χ0v) is 14.9. The second-order valence-corrected chi connectivity index (χ2v) is 7.56. The van der Waals surface area contributed by atoms with Crippen molar-refractivity contribution in [1.82, 2.24) is 4.90 Å². The predicted octanol–water partition coefficient (Wildman–Crippen LogP) is 3.25. The van der Waals surface area contributed by atoms with E-state index in [2.05, 4.69) is 0 Å². The van der Waals surface area contributed by atoms with Gasteiger partial charge in [-0.2, -0.15) is 0 Å².